The van der Waals surface area contributed by atoms with E-state index >= 15 is 0 Å². The van der Waals surface area contributed by atoms with Crippen molar-refractivity contribution in [3.63, 3.8) is 0 Å². The standard InChI is InChI=1S/C24H18F3N5O4/c25-14-6-16(27)17(7-15(14)26)30-23(35)32-24-8-13(24)20(24)11-5-10(1-2-18(11)33)36-19-3-4-28-21-12(19)9-29-22(34)31-21/h1-7,13,20,33H,8-9H2,(H2,30,32,35)(H2,28,29,31,34)/t13-,20+,24-/m0/s1. The number of fused-ring (bicyclic) bond motifs is 2. The van der Waals surface area contributed by atoms with Crippen LogP contribution in [0.5, 0.6) is 17.2 Å². The first kappa shape index (κ1) is 22.0. The van der Waals surface area contributed by atoms with Crippen molar-refractivity contribution in [2.45, 2.75) is 24.4 Å². The van der Waals surface area contributed by atoms with Crippen molar-refractivity contribution in [3.05, 3.63) is 71.2 Å². The number of amides is 4. The molecule has 2 fully saturated rings. The molecule has 0 saturated heterocycles. The number of carbonyl (C=O) groups is 2. The number of nitrogens with zero attached hydrogens (tertiary/aromatic N) is 1. The summed E-state index contributed by atoms with van der Waals surface area (Å²) in [5.41, 5.74) is 0.124. The first-order chi connectivity index (χ1) is 17.2. The number of benzene rings is 2. The van der Waals surface area contributed by atoms with Crippen molar-refractivity contribution in [2.24, 2.45) is 5.92 Å². The number of phenols is 1. The summed E-state index contributed by atoms with van der Waals surface area (Å²) in [5, 5.41) is 20.7. The maximum atomic E-state index is 13.9. The third kappa shape index (κ3) is 3.61. The van der Waals surface area contributed by atoms with E-state index in [1.165, 1.54) is 12.3 Å². The summed E-state index contributed by atoms with van der Waals surface area (Å²) < 4.78 is 46.4. The van der Waals surface area contributed by atoms with E-state index in [0.717, 1.165) is 0 Å². The molecule has 5 N–H and O–H groups in total. The number of aromatic hydroxyl groups is 1. The van der Waals surface area contributed by atoms with Crippen LogP contribution in [0.2, 0.25) is 0 Å². The van der Waals surface area contributed by atoms with Gasteiger partial charge in [0.05, 0.1) is 23.3 Å². The van der Waals surface area contributed by atoms with Crippen molar-refractivity contribution < 1.29 is 32.6 Å². The zero-order chi connectivity index (χ0) is 25.2. The first-order valence-corrected chi connectivity index (χ1v) is 11.0. The number of hydrogen-bond acceptors (Lipinski definition) is 5. The van der Waals surface area contributed by atoms with Crippen molar-refractivity contribution in [1.82, 2.24) is 15.6 Å². The molecule has 3 aromatic rings. The van der Waals surface area contributed by atoms with Crippen LogP contribution in [-0.4, -0.2) is 27.7 Å². The van der Waals surface area contributed by atoms with Crippen molar-refractivity contribution in [1.29, 1.82) is 0 Å². The van der Waals surface area contributed by atoms with Gasteiger partial charge in [-0.25, -0.2) is 27.7 Å². The van der Waals surface area contributed by atoms with E-state index in [-0.39, 0.29) is 30.2 Å². The normalized spacial score (nSPS) is 22.9. The largest absolute Gasteiger partial charge is 0.508 e. The molecule has 4 amide bonds. The van der Waals surface area contributed by atoms with Crippen LogP contribution in [0.25, 0.3) is 0 Å². The Balaban J connectivity index is 1.17. The van der Waals surface area contributed by atoms with Crippen molar-refractivity contribution >= 4 is 23.6 Å². The number of anilines is 2. The van der Waals surface area contributed by atoms with Crippen LogP contribution in [0.1, 0.15) is 23.5 Å². The fourth-order valence-electron chi connectivity index (χ4n) is 4.75. The van der Waals surface area contributed by atoms with Crippen LogP contribution in [-0.2, 0) is 6.54 Å². The second-order valence-electron chi connectivity index (χ2n) is 8.92. The maximum Gasteiger partial charge on any atom is 0.320 e. The summed E-state index contributed by atoms with van der Waals surface area (Å²) in [6.45, 7) is 0.237. The predicted octanol–water partition coefficient (Wildman–Crippen LogP) is 4.31. The molecule has 0 spiro atoms. The molecule has 3 aliphatic rings. The summed E-state index contributed by atoms with van der Waals surface area (Å²) in [6, 6.07) is 6.20. The molecule has 2 heterocycles. The fraction of sp³-hybridized carbons (Fsp3) is 0.208. The lowest BCUT2D eigenvalue weighted by Gasteiger charge is -2.20. The van der Waals surface area contributed by atoms with Crippen LogP contribution < -0.4 is 26.0 Å². The third-order valence-electron chi connectivity index (χ3n) is 6.74. The highest BCUT2D eigenvalue weighted by Gasteiger charge is 2.80. The van der Waals surface area contributed by atoms with Gasteiger partial charge in [0.1, 0.15) is 28.9 Å². The van der Waals surface area contributed by atoms with E-state index in [1.54, 1.807) is 18.2 Å². The number of ether oxygens (including phenoxy) is 1. The van der Waals surface area contributed by atoms with Gasteiger partial charge in [-0.05, 0) is 36.6 Å². The lowest BCUT2D eigenvalue weighted by Crippen LogP contribution is -2.36. The minimum atomic E-state index is -1.35. The second kappa shape index (κ2) is 7.77. The van der Waals surface area contributed by atoms with Gasteiger partial charge in [0.25, 0.3) is 0 Å². The highest BCUT2D eigenvalue weighted by molar-refractivity contribution is 5.92. The molecule has 0 radical (unpaired) electrons. The SMILES string of the molecule is O=C1NCc2c(Oc3ccc(O)c([C@@H]4[C@@H]5C[C@@]45NC(=O)Nc4cc(F)c(F)cc4F)c3)ccnc2N1. The van der Waals surface area contributed by atoms with Crippen LogP contribution in [0, 0.1) is 23.4 Å². The molecular formula is C24H18F3N5O4. The number of nitrogens with one attached hydrogen (secondary N) is 4. The Morgan fingerprint density at radius 2 is 1.94 bits per heavy atom. The molecular weight excluding hydrogens is 479 g/mol. The molecule has 2 saturated carbocycles. The van der Waals surface area contributed by atoms with E-state index in [0.29, 0.717) is 47.0 Å². The van der Waals surface area contributed by atoms with Crippen LogP contribution in [0.15, 0.2) is 42.6 Å². The van der Waals surface area contributed by atoms with E-state index in [1.807, 2.05) is 0 Å². The average molecular weight is 497 g/mol. The smallest absolute Gasteiger partial charge is 0.320 e. The predicted molar refractivity (Wildman–Crippen MR) is 120 cm³/mol. The molecule has 0 unspecified atom stereocenters. The Morgan fingerprint density at radius 1 is 1.14 bits per heavy atom. The molecule has 1 aliphatic heterocycles. The minimum Gasteiger partial charge on any atom is -0.508 e. The quantitative estimate of drug-likeness (QED) is 0.336. The molecule has 3 atom stereocenters. The summed E-state index contributed by atoms with van der Waals surface area (Å²) in [7, 11) is 0. The Labute approximate surface area is 201 Å². The molecule has 36 heavy (non-hydrogen) atoms. The number of pyridine rings is 1. The number of phenolic OH excluding ortho intramolecular Hbond substituents is 1. The highest BCUT2D eigenvalue weighted by Crippen LogP contribution is 2.77. The lowest BCUT2D eigenvalue weighted by molar-refractivity contribution is 0.249. The van der Waals surface area contributed by atoms with Gasteiger partial charge in [-0.15, -0.1) is 0 Å². The van der Waals surface area contributed by atoms with Crippen LogP contribution >= 0.6 is 0 Å². The molecule has 184 valence electrons. The molecule has 2 aliphatic carbocycles. The van der Waals surface area contributed by atoms with Gasteiger partial charge in [0.2, 0.25) is 0 Å². The number of hydrogen-bond donors (Lipinski definition) is 5. The molecule has 9 nitrogen and oxygen atoms in total. The molecule has 6 rings (SSSR count). The van der Waals surface area contributed by atoms with Crippen molar-refractivity contribution in [3.8, 4) is 17.2 Å². The summed E-state index contributed by atoms with van der Waals surface area (Å²) >= 11 is 0. The summed E-state index contributed by atoms with van der Waals surface area (Å²) in [6.07, 6.45) is 2.16. The van der Waals surface area contributed by atoms with Gasteiger partial charge in [-0.1, -0.05) is 0 Å². The lowest BCUT2D eigenvalue weighted by atomic mass is 9.99. The number of rotatable bonds is 5. The highest BCUT2D eigenvalue weighted by atomic mass is 19.2. The zero-order valence-corrected chi connectivity index (χ0v) is 18.4. The van der Waals surface area contributed by atoms with Crippen LogP contribution in [0.4, 0.5) is 34.3 Å². The van der Waals surface area contributed by atoms with E-state index in [4.69, 9.17) is 4.74 Å². The number of aromatic nitrogens is 1. The van der Waals surface area contributed by atoms with E-state index in [2.05, 4.69) is 26.3 Å². The monoisotopic (exact) mass is 497 g/mol. The number of urea groups is 2. The Morgan fingerprint density at radius 3 is 2.75 bits per heavy atom. The first-order valence-electron chi connectivity index (χ1n) is 11.0. The topological polar surface area (TPSA) is 125 Å². The van der Waals surface area contributed by atoms with Gasteiger partial charge >= 0.3 is 12.1 Å². The zero-order valence-electron chi connectivity index (χ0n) is 18.4. The van der Waals surface area contributed by atoms with Gasteiger partial charge in [0.15, 0.2) is 11.6 Å². The van der Waals surface area contributed by atoms with E-state index in [9.17, 15) is 27.9 Å². The second-order valence-corrected chi connectivity index (χ2v) is 8.92. The van der Waals surface area contributed by atoms with Crippen molar-refractivity contribution in [2.75, 3.05) is 10.6 Å². The Bertz CT molecular complexity index is 1450. The molecule has 2 aromatic carbocycles. The Hall–Kier alpha value is -4.48. The molecule has 0 bridgehead atoms. The summed E-state index contributed by atoms with van der Waals surface area (Å²) in [5.74, 6) is -2.54. The maximum absolute atomic E-state index is 13.9. The summed E-state index contributed by atoms with van der Waals surface area (Å²) in [4.78, 5) is 28.1. The van der Waals surface area contributed by atoms with Gasteiger partial charge < -0.3 is 25.8 Å². The third-order valence-corrected chi connectivity index (χ3v) is 6.74. The van der Waals surface area contributed by atoms with Gasteiger partial charge in [-0.2, -0.15) is 0 Å². The number of carbonyl (C=O) groups excluding carboxylic acids is 2. The number of halogens is 3. The fourth-order valence-corrected chi connectivity index (χ4v) is 4.75. The molecule has 12 heteroatoms. The molecule has 1 aromatic heterocycles. The van der Waals surface area contributed by atoms with Crippen LogP contribution in [0.3, 0.4) is 0 Å². The van der Waals surface area contributed by atoms with Gasteiger partial charge in [0, 0.05) is 29.8 Å². The van der Waals surface area contributed by atoms with Gasteiger partial charge in [-0.3, -0.25) is 5.32 Å². The Kier molecular flexibility index (Phi) is 4.75. The minimum absolute atomic E-state index is 0.0264. The average Bonchev–Trinajstić information content (AvgIpc) is 3.69. The van der Waals surface area contributed by atoms with E-state index < -0.39 is 34.7 Å².